The van der Waals surface area contributed by atoms with Gasteiger partial charge in [-0.15, -0.1) is 0 Å². The van der Waals surface area contributed by atoms with Crippen molar-refractivity contribution in [3.8, 4) is 0 Å². The first kappa shape index (κ1) is 23.5. The lowest BCUT2D eigenvalue weighted by atomic mass is 9.88. The highest BCUT2D eigenvalue weighted by Crippen LogP contribution is 2.24. The minimum absolute atomic E-state index is 0.0236. The number of hydrogen-bond acceptors (Lipinski definition) is 3. The van der Waals surface area contributed by atoms with Gasteiger partial charge < -0.3 is 15.5 Å². The quantitative estimate of drug-likeness (QED) is 0.698. The van der Waals surface area contributed by atoms with Gasteiger partial charge in [0.1, 0.15) is 6.04 Å². The number of nitrogens with one attached hydrogen (secondary N) is 2. The van der Waals surface area contributed by atoms with Crippen LogP contribution in [0, 0.1) is 12.8 Å². The Morgan fingerprint density at radius 2 is 1.59 bits per heavy atom. The lowest BCUT2D eigenvalue weighted by Crippen LogP contribution is -2.55. The zero-order chi connectivity index (χ0) is 23.1. The Morgan fingerprint density at radius 3 is 2.22 bits per heavy atom. The third-order valence-electron chi connectivity index (χ3n) is 6.28. The molecular weight excluding hydrogens is 402 g/mol. The molecule has 1 heterocycles. The second kappa shape index (κ2) is 10.9. The molecule has 2 aromatic rings. The number of piperidine rings is 1. The zero-order valence-corrected chi connectivity index (χ0v) is 19.1. The highest BCUT2D eigenvalue weighted by atomic mass is 16.2. The van der Waals surface area contributed by atoms with Gasteiger partial charge in [0.05, 0.1) is 0 Å². The molecule has 170 valence electrons. The van der Waals surface area contributed by atoms with Crippen LogP contribution in [0.15, 0.2) is 54.6 Å². The van der Waals surface area contributed by atoms with Crippen LogP contribution in [0.25, 0.3) is 0 Å². The second-order valence-electron chi connectivity index (χ2n) is 8.58. The van der Waals surface area contributed by atoms with Crippen molar-refractivity contribution >= 4 is 17.7 Å². The molecule has 32 heavy (non-hydrogen) atoms. The third-order valence-corrected chi connectivity index (χ3v) is 6.28. The van der Waals surface area contributed by atoms with Crippen LogP contribution in [0.3, 0.4) is 0 Å². The Hall–Kier alpha value is -3.15. The van der Waals surface area contributed by atoms with Gasteiger partial charge in [0, 0.05) is 30.3 Å². The van der Waals surface area contributed by atoms with Crippen LogP contribution in [-0.2, 0) is 4.79 Å². The molecule has 2 atom stereocenters. The van der Waals surface area contributed by atoms with Crippen LogP contribution >= 0.6 is 0 Å². The molecule has 6 nitrogen and oxygen atoms in total. The third kappa shape index (κ3) is 5.75. The van der Waals surface area contributed by atoms with Gasteiger partial charge in [-0.2, -0.15) is 0 Å². The average molecular weight is 436 g/mol. The van der Waals surface area contributed by atoms with E-state index in [1.54, 1.807) is 24.3 Å². The van der Waals surface area contributed by atoms with Crippen molar-refractivity contribution in [1.82, 2.24) is 15.5 Å². The van der Waals surface area contributed by atoms with Crippen molar-refractivity contribution in [1.29, 1.82) is 0 Å². The predicted molar refractivity (Wildman–Crippen MR) is 125 cm³/mol. The maximum atomic E-state index is 13.1. The van der Waals surface area contributed by atoms with Gasteiger partial charge in [-0.1, -0.05) is 43.3 Å². The van der Waals surface area contributed by atoms with Crippen molar-refractivity contribution in [2.75, 3.05) is 13.1 Å². The molecular formula is C26H33N3O3. The summed E-state index contributed by atoms with van der Waals surface area (Å²) in [6, 6.07) is 15.9. The van der Waals surface area contributed by atoms with E-state index in [2.05, 4.69) is 10.6 Å². The Labute approximate surface area is 190 Å². The van der Waals surface area contributed by atoms with Gasteiger partial charge >= 0.3 is 0 Å². The van der Waals surface area contributed by atoms with Gasteiger partial charge in [-0.05, 0) is 62.8 Å². The predicted octanol–water partition coefficient (Wildman–Crippen LogP) is 3.56. The number of hydrogen-bond donors (Lipinski definition) is 2. The average Bonchev–Trinajstić information content (AvgIpc) is 2.82. The summed E-state index contributed by atoms with van der Waals surface area (Å²) in [4.78, 5) is 40.7. The van der Waals surface area contributed by atoms with Crippen molar-refractivity contribution in [3.05, 3.63) is 71.3 Å². The first-order valence-electron chi connectivity index (χ1n) is 11.4. The van der Waals surface area contributed by atoms with Crippen LogP contribution in [-0.4, -0.2) is 47.8 Å². The molecule has 0 unspecified atom stereocenters. The highest BCUT2D eigenvalue weighted by molar-refractivity contribution is 5.98. The van der Waals surface area contributed by atoms with E-state index >= 15 is 0 Å². The van der Waals surface area contributed by atoms with E-state index in [-0.39, 0.29) is 29.7 Å². The fourth-order valence-electron chi connectivity index (χ4n) is 4.07. The first-order chi connectivity index (χ1) is 15.4. The number of amides is 3. The van der Waals surface area contributed by atoms with Crippen LogP contribution in [0.2, 0.25) is 0 Å². The fraction of sp³-hybridized carbons (Fsp3) is 0.423. The lowest BCUT2D eigenvalue weighted by molar-refractivity contribution is -0.125. The van der Waals surface area contributed by atoms with E-state index < -0.39 is 6.04 Å². The van der Waals surface area contributed by atoms with Gasteiger partial charge in [0.25, 0.3) is 11.8 Å². The molecule has 1 fully saturated rings. The van der Waals surface area contributed by atoms with Crippen LogP contribution in [0.1, 0.15) is 59.4 Å². The van der Waals surface area contributed by atoms with Crippen LogP contribution < -0.4 is 10.6 Å². The normalized spacial score (nSPS) is 16.2. The monoisotopic (exact) mass is 435 g/mol. The van der Waals surface area contributed by atoms with Gasteiger partial charge in [-0.3, -0.25) is 14.4 Å². The number of likely N-dealkylation sites (tertiary alicyclic amines) is 1. The Kier molecular flexibility index (Phi) is 8.03. The van der Waals surface area contributed by atoms with Crippen molar-refractivity contribution in [3.63, 3.8) is 0 Å². The van der Waals surface area contributed by atoms with E-state index in [1.807, 2.05) is 56.0 Å². The molecule has 6 heteroatoms. The van der Waals surface area contributed by atoms with E-state index in [0.717, 1.165) is 17.5 Å². The molecule has 1 aliphatic heterocycles. The molecule has 1 aliphatic rings. The summed E-state index contributed by atoms with van der Waals surface area (Å²) in [5.41, 5.74) is 2.20. The van der Waals surface area contributed by atoms with E-state index in [4.69, 9.17) is 0 Å². The molecule has 0 bridgehead atoms. The summed E-state index contributed by atoms with van der Waals surface area (Å²) >= 11 is 0. The van der Waals surface area contributed by atoms with E-state index in [1.165, 1.54) is 0 Å². The van der Waals surface area contributed by atoms with Crippen molar-refractivity contribution in [2.24, 2.45) is 5.92 Å². The molecule has 0 saturated carbocycles. The molecule has 3 rings (SSSR count). The highest BCUT2D eigenvalue weighted by Gasteiger charge is 2.34. The van der Waals surface area contributed by atoms with E-state index in [9.17, 15) is 14.4 Å². The van der Waals surface area contributed by atoms with Crippen LogP contribution in [0.5, 0.6) is 0 Å². The number of benzene rings is 2. The number of rotatable bonds is 7. The largest absolute Gasteiger partial charge is 0.352 e. The van der Waals surface area contributed by atoms with Gasteiger partial charge in [-0.25, -0.2) is 0 Å². The first-order valence-corrected chi connectivity index (χ1v) is 11.4. The summed E-state index contributed by atoms with van der Waals surface area (Å²) < 4.78 is 0. The molecule has 0 radical (unpaired) electrons. The molecule has 1 saturated heterocycles. The minimum Gasteiger partial charge on any atom is -0.352 e. The summed E-state index contributed by atoms with van der Waals surface area (Å²) in [5, 5.41) is 5.98. The smallest absolute Gasteiger partial charge is 0.254 e. The van der Waals surface area contributed by atoms with Crippen molar-refractivity contribution in [2.45, 2.75) is 52.1 Å². The molecule has 0 aromatic heterocycles. The molecule has 3 amide bonds. The lowest BCUT2D eigenvalue weighted by Gasteiger charge is -2.36. The summed E-state index contributed by atoms with van der Waals surface area (Å²) in [6.45, 7) is 7.03. The summed E-state index contributed by atoms with van der Waals surface area (Å²) in [7, 11) is 0. The van der Waals surface area contributed by atoms with Crippen molar-refractivity contribution < 1.29 is 14.4 Å². The minimum atomic E-state index is -0.632. The Bertz CT molecular complexity index is 936. The zero-order valence-electron chi connectivity index (χ0n) is 19.1. The van der Waals surface area contributed by atoms with Crippen LogP contribution in [0.4, 0.5) is 0 Å². The Balaban J connectivity index is 1.70. The number of carbonyl (C=O) groups excluding carboxylic acids is 3. The molecule has 0 spiro atoms. The topological polar surface area (TPSA) is 78.5 Å². The number of nitrogens with zero attached hydrogens (tertiary/aromatic N) is 1. The molecule has 2 N–H and O–H groups in total. The number of aryl methyl sites for hydroxylation is 1. The Morgan fingerprint density at radius 1 is 0.969 bits per heavy atom. The summed E-state index contributed by atoms with van der Waals surface area (Å²) in [5.74, 6) is -0.427. The SMILES string of the molecule is CC[C@@H](C)NC(=O)[C@@H](NC(=O)c1ccccc1)C1CCN(C(=O)c2ccccc2C)CC1. The summed E-state index contributed by atoms with van der Waals surface area (Å²) in [6.07, 6.45) is 2.13. The van der Waals surface area contributed by atoms with Gasteiger partial charge in [0.2, 0.25) is 5.91 Å². The standard InChI is InChI=1S/C26H33N3O3/c1-4-19(3)27-25(31)23(28-24(30)21-11-6-5-7-12-21)20-14-16-29(17-15-20)26(32)22-13-9-8-10-18(22)2/h5-13,19-20,23H,4,14-17H2,1-3H3,(H,27,31)(H,28,30)/t19-,23+/m1/s1. The fourth-order valence-corrected chi connectivity index (χ4v) is 4.07. The van der Waals surface area contributed by atoms with Gasteiger partial charge in [0.15, 0.2) is 0 Å². The number of carbonyl (C=O) groups is 3. The maximum Gasteiger partial charge on any atom is 0.254 e. The molecule has 2 aromatic carbocycles. The maximum absolute atomic E-state index is 13.1. The van der Waals surface area contributed by atoms with E-state index in [0.29, 0.717) is 31.5 Å². The second-order valence-corrected chi connectivity index (χ2v) is 8.58. The molecule has 0 aliphatic carbocycles.